The third-order valence-electron chi connectivity index (χ3n) is 6.02. The first-order valence-corrected chi connectivity index (χ1v) is 12.9. The van der Waals surface area contributed by atoms with Gasteiger partial charge in [0.05, 0.1) is 6.61 Å². The molecule has 0 bridgehead atoms. The van der Waals surface area contributed by atoms with Crippen LogP contribution in [-0.2, 0) is 32.0 Å². The fourth-order valence-corrected chi connectivity index (χ4v) is 3.81. The number of hydrogen-bond acceptors (Lipinski definition) is 8. The van der Waals surface area contributed by atoms with Gasteiger partial charge in [-0.3, -0.25) is 19.4 Å². The highest BCUT2D eigenvalue weighted by molar-refractivity contribution is 5.94. The molecule has 12 N–H and O–H groups in total. The number of carbonyl (C=O) groups excluding carboxylic acids is 3. The molecular weight excluding hydrogens is 534 g/mol. The van der Waals surface area contributed by atoms with E-state index in [9.17, 15) is 34.5 Å². The third-order valence-corrected chi connectivity index (χ3v) is 6.02. The van der Waals surface area contributed by atoms with Crippen molar-refractivity contribution in [3.63, 3.8) is 0 Å². The highest BCUT2D eigenvalue weighted by Gasteiger charge is 2.30. The normalized spacial score (nSPS) is 13.6. The highest BCUT2D eigenvalue weighted by Crippen LogP contribution is 2.12. The van der Waals surface area contributed by atoms with Gasteiger partial charge < -0.3 is 48.5 Å². The largest absolute Gasteiger partial charge is 0.508 e. The molecule has 0 aliphatic heterocycles. The summed E-state index contributed by atoms with van der Waals surface area (Å²) in [5.74, 6) is -3.69. The lowest BCUT2D eigenvalue weighted by Crippen LogP contribution is -2.58. The van der Waals surface area contributed by atoms with E-state index in [4.69, 9.17) is 17.2 Å². The quantitative estimate of drug-likeness (QED) is 0.0613. The zero-order chi connectivity index (χ0) is 30.4. The van der Waals surface area contributed by atoms with Gasteiger partial charge in [-0.05, 0) is 36.1 Å². The molecule has 14 nitrogen and oxygen atoms in total. The molecule has 0 aliphatic carbocycles. The summed E-state index contributed by atoms with van der Waals surface area (Å²) in [4.78, 5) is 54.9. The second-order valence-electron chi connectivity index (χ2n) is 9.32. The Hall–Kier alpha value is -4.69. The SMILES string of the molecule is NC(N)=NCCCC(NC(=O)C(N)CO)C(=O)NC(Cc1ccccc1)C(=O)NC(Cc1ccc(O)cc1)C(=O)O. The van der Waals surface area contributed by atoms with Crippen LogP contribution in [0.5, 0.6) is 5.75 Å². The number of carboxylic acids is 1. The minimum Gasteiger partial charge on any atom is -0.508 e. The highest BCUT2D eigenvalue weighted by atomic mass is 16.4. The molecule has 0 aliphatic rings. The van der Waals surface area contributed by atoms with Crippen LogP contribution >= 0.6 is 0 Å². The molecule has 0 saturated heterocycles. The van der Waals surface area contributed by atoms with E-state index in [0.29, 0.717) is 11.1 Å². The smallest absolute Gasteiger partial charge is 0.326 e. The summed E-state index contributed by atoms with van der Waals surface area (Å²) in [5, 5.41) is 36.0. The van der Waals surface area contributed by atoms with Crippen molar-refractivity contribution in [1.82, 2.24) is 16.0 Å². The van der Waals surface area contributed by atoms with Crippen LogP contribution < -0.4 is 33.2 Å². The maximum atomic E-state index is 13.4. The Morgan fingerprint density at radius 1 is 0.780 bits per heavy atom. The number of aliphatic carboxylic acids is 1. The molecule has 222 valence electrons. The molecule has 4 atom stereocenters. The number of nitrogens with one attached hydrogen (secondary N) is 3. The number of rotatable bonds is 16. The average molecular weight is 572 g/mol. The molecule has 0 heterocycles. The first kappa shape index (κ1) is 32.5. The number of guanidine groups is 1. The van der Waals surface area contributed by atoms with Crippen molar-refractivity contribution in [3.05, 3.63) is 65.7 Å². The molecule has 2 aromatic carbocycles. The van der Waals surface area contributed by atoms with Gasteiger partial charge in [-0.15, -0.1) is 0 Å². The molecule has 0 saturated carbocycles. The number of aliphatic hydroxyl groups excluding tert-OH is 1. The minimum absolute atomic E-state index is 0.00943. The summed E-state index contributed by atoms with van der Waals surface area (Å²) in [6.07, 6.45) is 0.309. The van der Waals surface area contributed by atoms with Crippen LogP contribution in [0.3, 0.4) is 0 Å². The van der Waals surface area contributed by atoms with Crippen molar-refractivity contribution in [3.8, 4) is 5.75 Å². The van der Waals surface area contributed by atoms with E-state index in [2.05, 4.69) is 20.9 Å². The Balaban J connectivity index is 2.25. The van der Waals surface area contributed by atoms with Gasteiger partial charge in [-0.25, -0.2) is 4.79 Å². The molecule has 0 fully saturated rings. The van der Waals surface area contributed by atoms with Gasteiger partial charge in [0.25, 0.3) is 0 Å². The molecule has 14 heteroatoms. The van der Waals surface area contributed by atoms with Crippen LogP contribution in [0.4, 0.5) is 0 Å². The molecule has 3 amide bonds. The number of carboxylic acid groups (broad SMARTS) is 1. The topological polar surface area (TPSA) is 255 Å². The van der Waals surface area contributed by atoms with Gasteiger partial charge in [0.1, 0.15) is 29.9 Å². The molecule has 0 radical (unpaired) electrons. The number of aliphatic hydroxyl groups is 1. The van der Waals surface area contributed by atoms with Crippen molar-refractivity contribution in [2.24, 2.45) is 22.2 Å². The lowest BCUT2D eigenvalue weighted by atomic mass is 10.0. The number of phenols is 1. The lowest BCUT2D eigenvalue weighted by molar-refractivity contribution is -0.142. The first-order valence-electron chi connectivity index (χ1n) is 12.9. The van der Waals surface area contributed by atoms with Crippen LogP contribution in [0.25, 0.3) is 0 Å². The Morgan fingerprint density at radius 3 is 1.90 bits per heavy atom. The van der Waals surface area contributed by atoms with Crippen molar-refractivity contribution in [2.75, 3.05) is 13.2 Å². The molecule has 2 aromatic rings. The average Bonchev–Trinajstić information content (AvgIpc) is 2.94. The zero-order valence-corrected chi connectivity index (χ0v) is 22.4. The van der Waals surface area contributed by atoms with E-state index < -0.39 is 54.5 Å². The summed E-state index contributed by atoms with van der Waals surface area (Å²) >= 11 is 0. The number of aliphatic imine (C=N–C) groups is 1. The molecular formula is C27H37N7O7. The van der Waals surface area contributed by atoms with E-state index in [1.807, 2.05) is 0 Å². The molecule has 4 unspecified atom stereocenters. The predicted molar refractivity (Wildman–Crippen MR) is 150 cm³/mol. The van der Waals surface area contributed by atoms with E-state index in [0.717, 1.165) is 0 Å². The number of hydrogen-bond donors (Lipinski definition) is 9. The molecule has 0 aromatic heterocycles. The Kier molecular flexibility index (Phi) is 13.0. The summed E-state index contributed by atoms with van der Waals surface area (Å²) < 4.78 is 0. The summed E-state index contributed by atoms with van der Waals surface area (Å²) in [6, 6.07) is 9.66. The Bertz CT molecular complexity index is 1190. The van der Waals surface area contributed by atoms with Gasteiger partial charge in [0, 0.05) is 19.4 Å². The maximum Gasteiger partial charge on any atom is 0.326 e. The summed E-state index contributed by atoms with van der Waals surface area (Å²) in [7, 11) is 0. The van der Waals surface area contributed by atoms with Gasteiger partial charge in [-0.1, -0.05) is 42.5 Å². The van der Waals surface area contributed by atoms with Crippen molar-refractivity contribution in [2.45, 2.75) is 49.9 Å². The first-order chi connectivity index (χ1) is 19.5. The number of amides is 3. The standard InChI is InChI=1S/C27H37N7O7/c28-19(15-35)23(37)32-20(7-4-12-31-27(29)30)24(38)33-21(13-16-5-2-1-3-6-16)25(39)34-22(26(40)41)14-17-8-10-18(36)11-9-17/h1-3,5-6,8-11,19-22,35-36H,4,7,12-15,28H2,(H,32,37)(H,33,38)(H,34,39)(H,40,41)(H4,29,30,31). The number of carbonyl (C=O) groups is 4. The van der Waals surface area contributed by atoms with Gasteiger partial charge in [-0.2, -0.15) is 0 Å². The van der Waals surface area contributed by atoms with E-state index in [1.54, 1.807) is 30.3 Å². The number of aromatic hydroxyl groups is 1. The molecule has 41 heavy (non-hydrogen) atoms. The summed E-state index contributed by atoms with van der Waals surface area (Å²) in [6.45, 7) is -0.482. The third kappa shape index (κ3) is 11.5. The number of phenolic OH excluding ortho intramolecular Hbond substituents is 1. The minimum atomic E-state index is -1.33. The Morgan fingerprint density at radius 2 is 1.32 bits per heavy atom. The summed E-state index contributed by atoms with van der Waals surface area (Å²) in [5.41, 5.74) is 17.5. The van der Waals surface area contributed by atoms with Crippen LogP contribution in [0.15, 0.2) is 59.6 Å². The zero-order valence-electron chi connectivity index (χ0n) is 22.4. The number of nitrogens with two attached hydrogens (primary N) is 3. The lowest BCUT2D eigenvalue weighted by Gasteiger charge is -2.25. The predicted octanol–water partition coefficient (Wildman–Crippen LogP) is -1.91. The van der Waals surface area contributed by atoms with Gasteiger partial charge in [0.15, 0.2) is 5.96 Å². The number of nitrogens with zero attached hydrogens (tertiary/aromatic N) is 1. The monoisotopic (exact) mass is 571 g/mol. The van der Waals surface area contributed by atoms with Crippen molar-refractivity contribution in [1.29, 1.82) is 0 Å². The molecule has 2 rings (SSSR count). The van der Waals surface area contributed by atoms with Crippen LogP contribution in [-0.4, -0.2) is 82.3 Å². The van der Waals surface area contributed by atoms with Crippen LogP contribution in [0, 0.1) is 0 Å². The van der Waals surface area contributed by atoms with Crippen molar-refractivity contribution < 1.29 is 34.5 Å². The Labute approximate surface area is 237 Å². The van der Waals surface area contributed by atoms with E-state index >= 15 is 0 Å². The maximum absolute atomic E-state index is 13.4. The second kappa shape index (κ2) is 16.4. The van der Waals surface area contributed by atoms with Crippen LogP contribution in [0.1, 0.15) is 24.0 Å². The fraction of sp³-hybridized carbons (Fsp3) is 0.370. The van der Waals surface area contributed by atoms with E-state index in [-0.39, 0.29) is 43.9 Å². The van der Waals surface area contributed by atoms with Gasteiger partial charge >= 0.3 is 5.97 Å². The van der Waals surface area contributed by atoms with Crippen LogP contribution in [0.2, 0.25) is 0 Å². The number of benzene rings is 2. The van der Waals surface area contributed by atoms with Crippen molar-refractivity contribution >= 4 is 29.7 Å². The molecule has 0 spiro atoms. The van der Waals surface area contributed by atoms with E-state index in [1.165, 1.54) is 24.3 Å². The second-order valence-corrected chi connectivity index (χ2v) is 9.32. The fourth-order valence-electron chi connectivity index (χ4n) is 3.81. The van der Waals surface area contributed by atoms with Gasteiger partial charge in [0.2, 0.25) is 17.7 Å².